The molecule has 1 nitrogen and oxygen atoms in total. The zero-order valence-corrected chi connectivity index (χ0v) is 10.6. The second kappa shape index (κ2) is 3.23. The van der Waals surface area contributed by atoms with Gasteiger partial charge < -0.3 is 5.11 Å². The molecule has 0 aromatic carbocycles. The third-order valence-electron chi connectivity index (χ3n) is 4.16. The molecule has 1 saturated carbocycles. The summed E-state index contributed by atoms with van der Waals surface area (Å²) in [5, 5.41) is 10.7. The van der Waals surface area contributed by atoms with Crippen LogP contribution in [0, 0.1) is 16.7 Å². The van der Waals surface area contributed by atoms with E-state index in [9.17, 15) is 5.11 Å². The minimum Gasteiger partial charge on any atom is -0.389 e. The molecular formula is C13H26O. The van der Waals surface area contributed by atoms with Crippen molar-refractivity contribution < 1.29 is 5.11 Å². The number of aliphatic hydroxyl groups is 1. The van der Waals surface area contributed by atoms with Gasteiger partial charge in [0, 0.05) is 0 Å². The fourth-order valence-corrected chi connectivity index (χ4v) is 2.99. The van der Waals surface area contributed by atoms with Gasteiger partial charge in [-0.15, -0.1) is 0 Å². The molecule has 0 aromatic rings. The van der Waals surface area contributed by atoms with E-state index in [0.717, 1.165) is 19.3 Å². The van der Waals surface area contributed by atoms with E-state index in [1.54, 1.807) is 0 Å². The summed E-state index contributed by atoms with van der Waals surface area (Å²) in [6, 6.07) is 0. The van der Waals surface area contributed by atoms with Gasteiger partial charge in [0.1, 0.15) is 0 Å². The maximum Gasteiger partial charge on any atom is 0.0721 e. The number of hydrogen-bond acceptors (Lipinski definition) is 1. The van der Waals surface area contributed by atoms with Crippen LogP contribution in [-0.2, 0) is 0 Å². The summed E-state index contributed by atoms with van der Waals surface area (Å²) in [4.78, 5) is 0. The summed E-state index contributed by atoms with van der Waals surface area (Å²) in [5.74, 6) is 0.409. The Kier molecular flexibility index (Phi) is 2.78. The van der Waals surface area contributed by atoms with Gasteiger partial charge in [0.05, 0.1) is 5.60 Å². The Balaban J connectivity index is 2.85. The van der Waals surface area contributed by atoms with E-state index in [1.165, 1.54) is 0 Å². The molecule has 0 bridgehead atoms. The van der Waals surface area contributed by atoms with Crippen molar-refractivity contribution in [2.75, 3.05) is 0 Å². The first-order chi connectivity index (χ1) is 6.08. The Morgan fingerprint density at radius 2 is 1.64 bits per heavy atom. The van der Waals surface area contributed by atoms with E-state index in [2.05, 4.69) is 41.5 Å². The van der Waals surface area contributed by atoms with Crippen LogP contribution in [0.5, 0.6) is 0 Å². The Bertz CT molecular complexity index is 212. The summed E-state index contributed by atoms with van der Waals surface area (Å²) in [6.07, 6.45) is 3.23. The lowest BCUT2D eigenvalue weighted by molar-refractivity contribution is -0.141. The molecular weight excluding hydrogens is 172 g/mol. The Hall–Kier alpha value is -0.0400. The van der Waals surface area contributed by atoms with Crippen LogP contribution in [0.1, 0.15) is 60.8 Å². The molecule has 1 aliphatic carbocycles. The van der Waals surface area contributed by atoms with Crippen LogP contribution in [0.4, 0.5) is 0 Å². The molecule has 0 aliphatic heterocycles. The topological polar surface area (TPSA) is 20.2 Å². The van der Waals surface area contributed by atoms with Gasteiger partial charge in [-0.3, -0.25) is 0 Å². The highest BCUT2D eigenvalue weighted by Gasteiger charge is 2.49. The molecule has 0 heterocycles. The van der Waals surface area contributed by atoms with Crippen molar-refractivity contribution in [3.8, 4) is 0 Å². The van der Waals surface area contributed by atoms with E-state index in [-0.39, 0.29) is 5.41 Å². The van der Waals surface area contributed by atoms with Crippen LogP contribution < -0.4 is 0 Å². The van der Waals surface area contributed by atoms with Crippen LogP contribution in [-0.4, -0.2) is 10.7 Å². The molecule has 1 rings (SSSR count). The first-order valence-corrected chi connectivity index (χ1v) is 5.81. The molecule has 0 amide bonds. The summed E-state index contributed by atoms with van der Waals surface area (Å²) in [7, 11) is 0. The van der Waals surface area contributed by atoms with Gasteiger partial charge >= 0.3 is 0 Å². The van der Waals surface area contributed by atoms with Gasteiger partial charge in [-0.05, 0) is 36.0 Å². The van der Waals surface area contributed by atoms with E-state index < -0.39 is 5.60 Å². The number of hydrogen-bond donors (Lipinski definition) is 1. The predicted molar refractivity (Wildman–Crippen MR) is 61.2 cm³/mol. The average Bonchev–Trinajstić information content (AvgIpc) is 1.94. The molecule has 0 saturated heterocycles. The van der Waals surface area contributed by atoms with Crippen LogP contribution in [0.2, 0.25) is 0 Å². The monoisotopic (exact) mass is 198 g/mol. The normalized spacial score (nSPS) is 38.4. The van der Waals surface area contributed by atoms with Crippen molar-refractivity contribution in [2.24, 2.45) is 16.7 Å². The average molecular weight is 198 g/mol. The molecule has 0 radical (unpaired) electrons. The third-order valence-corrected chi connectivity index (χ3v) is 4.16. The van der Waals surface area contributed by atoms with Crippen molar-refractivity contribution in [2.45, 2.75) is 66.4 Å². The first kappa shape index (κ1) is 12.0. The SMILES string of the molecule is CC1CC(C)(C)CCC1(O)C(C)(C)C. The predicted octanol–water partition coefficient (Wildman–Crippen LogP) is 3.61. The Morgan fingerprint density at radius 3 is 2.00 bits per heavy atom. The lowest BCUT2D eigenvalue weighted by atomic mass is 9.58. The highest BCUT2D eigenvalue weighted by atomic mass is 16.3. The highest BCUT2D eigenvalue weighted by molar-refractivity contribution is 5.00. The Labute approximate surface area is 88.9 Å². The Morgan fingerprint density at radius 1 is 1.14 bits per heavy atom. The zero-order chi connectivity index (χ0) is 11.2. The second-order valence-electron chi connectivity index (χ2n) is 6.94. The maximum atomic E-state index is 10.7. The standard InChI is InChI=1S/C13H26O/c1-10-9-12(5,6)7-8-13(10,14)11(2,3)4/h10,14H,7-9H2,1-6H3. The maximum absolute atomic E-state index is 10.7. The summed E-state index contributed by atoms with van der Waals surface area (Å²) in [5.41, 5.74) is -0.0532. The van der Waals surface area contributed by atoms with Crippen LogP contribution in [0.3, 0.4) is 0 Å². The van der Waals surface area contributed by atoms with Gasteiger partial charge in [0.15, 0.2) is 0 Å². The van der Waals surface area contributed by atoms with Crippen LogP contribution in [0.15, 0.2) is 0 Å². The number of rotatable bonds is 0. The third kappa shape index (κ3) is 1.98. The molecule has 84 valence electrons. The van der Waals surface area contributed by atoms with Gasteiger partial charge in [0.2, 0.25) is 0 Å². The smallest absolute Gasteiger partial charge is 0.0721 e. The second-order valence-corrected chi connectivity index (χ2v) is 6.94. The van der Waals surface area contributed by atoms with E-state index in [0.29, 0.717) is 11.3 Å². The first-order valence-electron chi connectivity index (χ1n) is 5.81. The van der Waals surface area contributed by atoms with Crippen molar-refractivity contribution in [3.05, 3.63) is 0 Å². The van der Waals surface area contributed by atoms with E-state index in [4.69, 9.17) is 0 Å². The van der Waals surface area contributed by atoms with Gasteiger partial charge in [-0.2, -0.15) is 0 Å². The molecule has 0 aromatic heterocycles. The fraction of sp³-hybridized carbons (Fsp3) is 1.00. The largest absolute Gasteiger partial charge is 0.389 e. The van der Waals surface area contributed by atoms with Gasteiger partial charge in [0.25, 0.3) is 0 Å². The van der Waals surface area contributed by atoms with Crippen LogP contribution >= 0.6 is 0 Å². The highest BCUT2D eigenvalue weighted by Crippen LogP contribution is 2.50. The van der Waals surface area contributed by atoms with Gasteiger partial charge in [-0.25, -0.2) is 0 Å². The lowest BCUT2D eigenvalue weighted by Gasteiger charge is -2.52. The summed E-state index contributed by atoms with van der Waals surface area (Å²) in [6.45, 7) is 13.3. The zero-order valence-electron chi connectivity index (χ0n) is 10.6. The molecule has 1 heteroatoms. The quantitative estimate of drug-likeness (QED) is 0.630. The van der Waals surface area contributed by atoms with Crippen LogP contribution in [0.25, 0.3) is 0 Å². The van der Waals surface area contributed by atoms with Crippen molar-refractivity contribution in [1.82, 2.24) is 0 Å². The summed E-state index contributed by atoms with van der Waals surface area (Å²) < 4.78 is 0. The molecule has 2 unspecified atom stereocenters. The molecule has 14 heavy (non-hydrogen) atoms. The van der Waals surface area contributed by atoms with Crippen molar-refractivity contribution in [1.29, 1.82) is 0 Å². The van der Waals surface area contributed by atoms with Crippen molar-refractivity contribution in [3.63, 3.8) is 0 Å². The van der Waals surface area contributed by atoms with E-state index in [1.807, 2.05) is 0 Å². The molecule has 1 fully saturated rings. The molecule has 1 N–H and O–H groups in total. The lowest BCUT2D eigenvalue weighted by Crippen LogP contribution is -2.52. The minimum atomic E-state index is -0.470. The molecule has 1 aliphatic rings. The van der Waals surface area contributed by atoms with E-state index >= 15 is 0 Å². The minimum absolute atomic E-state index is 0.00289. The molecule has 2 atom stereocenters. The fourth-order valence-electron chi connectivity index (χ4n) is 2.99. The van der Waals surface area contributed by atoms with Crippen molar-refractivity contribution >= 4 is 0 Å². The summed E-state index contributed by atoms with van der Waals surface area (Å²) >= 11 is 0. The van der Waals surface area contributed by atoms with Gasteiger partial charge in [-0.1, -0.05) is 41.5 Å². The molecule has 0 spiro atoms.